The third kappa shape index (κ3) is 4.80. The van der Waals surface area contributed by atoms with Crippen molar-refractivity contribution in [3.8, 4) is 5.69 Å². The van der Waals surface area contributed by atoms with E-state index in [1.165, 1.54) is 0 Å². The lowest BCUT2D eigenvalue weighted by Gasteiger charge is -2.11. The number of fused-ring (bicyclic) bond motifs is 1. The number of aryl methyl sites for hydroxylation is 3. The van der Waals surface area contributed by atoms with Crippen LogP contribution in [-0.4, -0.2) is 27.2 Å². The highest BCUT2D eigenvalue weighted by Gasteiger charge is 2.14. The molecule has 6 heteroatoms. The normalized spacial score (nSPS) is 11.0. The highest BCUT2D eigenvalue weighted by Crippen LogP contribution is 2.24. The minimum absolute atomic E-state index is 0.272. The second-order valence-corrected chi connectivity index (χ2v) is 7.84. The molecule has 4 aromatic rings. The van der Waals surface area contributed by atoms with Crippen molar-refractivity contribution in [3.05, 3.63) is 89.0 Å². The molecule has 0 aliphatic carbocycles. The Bertz CT molecular complexity index is 1210. The number of nitrogens with one attached hydrogen (secondary N) is 1. The van der Waals surface area contributed by atoms with Gasteiger partial charge >= 0.3 is 6.09 Å². The van der Waals surface area contributed by atoms with Crippen LogP contribution < -0.4 is 5.32 Å². The zero-order valence-corrected chi connectivity index (χ0v) is 18.8. The Morgan fingerprint density at radius 1 is 1.00 bits per heavy atom. The van der Waals surface area contributed by atoms with Crippen LogP contribution in [0.4, 0.5) is 4.79 Å². The highest BCUT2D eigenvalue weighted by molar-refractivity contribution is 5.80. The number of nitrogens with zero attached hydrogens (tertiary/aromatic N) is 3. The molecule has 0 atom stereocenters. The van der Waals surface area contributed by atoms with Gasteiger partial charge in [0, 0.05) is 24.3 Å². The fourth-order valence-electron chi connectivity index (χ4n) is 3.85. The molecule has 0 aliphatic heterocycles. The van der Waals surface area contributed by atoms with Gasteiger partial charge < -0.3 is 10.1 Å². The van der Waals surface area contributed by atoms with E-state index in [1.54, 1.807) is 0 Å². The predicted octanol–water partition coefficient (Wildman–Crippen LogP) is 5.07. The summed E-state index contributed by atoms with van der Waals surface area (Å²) >= 11 is 0. The Hall–Kier alpha value is -3.67. The number of benzene rings is 2. The molecule has 0 bridgehead atoms. The number of hydrogen-bond acceptors (Lipinski definition) is 4. The van der Waals surface area contributed by atoms with Gasteiger partial charge in [-0.25, -0.2) is 9.78 Å². The molecule has 32 heavy (non-hydrogen) atoms. The molecule has 4 rings (SSSR count). The summed E-state index contributed by atoms with van der Waals surface area (Å²) in [6.45, 7) is 6.92. The summed E-state index contributed by atoms with van der Waals surface area (Å²) in [5, 5.41) is 2.82. The maximum Gasteiger partial charge on any atom is 0.407 e. The fraction of sp³-hybridized carbons (Fsp3) is 0.269. The van der Waals surface area contributed by atoms with Crippen LogP contribution >= 0.6 is 0 Å². The van der Waals surface area contributed by atoms with Crippen molar-refractivity contribution in [3.63, 3.8) is 0 Å². The summed E-state index contributed by atoms with van der Waals surface area (Å²) in [6.07, 6.45) is 1.17. The number of carbonyl (C=O) groups is 1. The number of pyridine rings is 1. The first-order valence-electron chi connectivity index (χ1n) is 10.9. The molecule has 0 saturated heterocycles. The highest BCUT2D eigenvalue weighted by atomic mass is 16.5. The van der Waals surface area contributed by atoms with Crippen molar-refractivity contribution in [2.45, 2.75) is 40.2 Å². The molecule has 2 aromatic carbocycles. The number of rotatable bonds is 7. The minimum Gasteiger partial charge on any atom is -0.445 e. The maximum atomic E-state index is 11.9. The van der Waals surface area contributed by atoms with Crippen molar-refractivity contribution >= 4 is 17.1 Å². The zero-order chi connectivity index (χ0) is 22.5. The SMILES string of the molecule is CCc1nc2c(C)nc(C)cc2n1-c1ccc(CCNC(=O)OCc2ccccc2)cc1. The van der Waals surface area contributed by atoms with Gasteiger partial charge in [0.15, 0.2) is 0 Å². The predicted molar refractivity (Wildman–Crippen MR) is 126 cm³/mol. The number of alkyl carbamates (subject to hydrolysis) is 1. The van der Waals surface area contributed by atoms with Crippen LogP contribution in [0.3, 0.4) is 0 Å². The van der Waals surface area contributed by atoms with Crippen LogP contribution in [0.25, 0.3) is 16.7 Å². The quantitative estimate of drug-likeness (QED) is 0.446. The van der Waals surface area contributed by atoms with Crippen LogP contribution in [0.1, 0.15) is 35.3 Å². The van der Waals surface area contributed by atoms with E-state index in [4.69, 9.17) is 9.72 Å². The molecule has 2 aromatic heterocycles. The van der Waals surface area contributed by atoms with Crippen LogP contribution in [0.2, 0.25) is 0 Å². The van der Waals surface area contributed by atoms with Gasteiger partial charge in [0.2, 0.25) is 0 Å². The van der Waals surface area contributed by atoms with Gasteiger partial charge in [-0.2, -0.15) is 0 Å². The molecule has 6 nitrogen and oxygen atoms in total. The largest absolute Gasteiger partial charge is 0.445 e. The molecular weight excluding hydrogens is 400 g/mol. The first-order chi connectivity index (χ1) is 15.5. The molecule has 1 N–H and O–H groups in total. The number of amides is 1. The molecule has 0 aliphatic rings. The van der Waals surface area contributed by atoms with Gasteiger partial charge in [-0.05, 0) is 49.6 Å². The Balaban J connectivity index is 1.39. The molecule has 0 fully saturated rings. The second-order valence-electron chi connectivity index (χ2n) is 7.84. The first kappa shape index (κ1) is 21.6. The zero-order valence-electron chi connectivity index (χ0n) is 18.8. The van der Waals surface area contributed by atoms with Crippen LogP contribution in [0.5, 0.6) is 0 Å². The van der Waals surface area contributed by atoms with Gasteiger partial charge in [-0.1, -0.05) is 49.4 Å². The molecule has 0 unspecified atom stereocenters. The van der Waals surface area contributed by atoms with Crippen molar-refractivity contribution in [2.24, 2.45) is 0 Å². The lowest BCUT2D eigenvalue weighted by atomic mass is 10.1. The standard InChI is InChI=1S/C26H28N4O2/c1-4-24-29-25-19(3)28-18(2)16-23(25)30(24)22-12-10-20(11-13-22)14-15-27-26(31)32-17-21-8-6-5-7-9-21/h5-13,16H,4,14-15,17H2,1-3H3,(H,27,31). The minimum atomic E-state index is -0.401. The molecular formula is C26H28N4O2. The van der Waals surface area contributed by atoms with E-state index in [1.807, 2.05) is 44.2 Å². The van der Waals surface area contributed by atoms with Gasteiger partial charge in [0.05, 0.1) is 11.2 Å². The van der Waals surface area contributed by atoms with Crippen molar-refractivity contribution < 1.29 is 9.53 Å². The second kappa shape index (κ2) is 9.64. The van der Waals surface area contributed by atoms with E-state index in [0.717, 1.165) is 57.9 Å². The van der Waals surface area contributed by atoms with E-state index in [0.29, 0.717) is 6.54 Å². The Morgan fingerprint density at radius 2 is 1.75 bits per heavy atom. The molecule has 2 heterocycles. The molecule has 164 valence electrons. The molecule has 0 spiro atoms. The lowest BCUT2D eigenvalue weighted by molar-refractivity contribution is 0.140. The summed E-state index contributed by atoms with van der Waals surface area (Å²) in [6, 6.07) is 20.1. The molecule has 0 radical (unpaired) electrons. The van der Waals surface area contributed by atoms with E-state index < -0.39 is 6.09 Å². The first-order valence-corrected chi connectivity index (χ1v) is 10.9. The topological polar surface area (TPSA) is 69.0 Å². The number of ether oxygens (including phenoxy) is 1. The number of aromatic nitrogens is 3. The third-order valence-corrected chi connectivity index (χ3v) is 5.42. The van der Waals surface area contributed by atoms with Gasteiger partial charge in [0.25, 0.3) is 0 Å². The number of hydrogen-bond donors (Lipinski definition) is 1. The summed E-state index contributed by atoms with van der Waals surface area (Å²) < 4.78 is 7.46. The van der Waals surface area contributed by atoms with Gasteiger partial charge in [-0.3, -0.25) is 9.55 Å². The fourth-order valence-corrected chi connectivity index (χ4v) is 3.85. The van der Waals surface area contributed by atoms with E-state index in [-0.39, 0.29) is 6.61 Å². The van der Waals surface area contributed by atoms with Crippen molar-refractivity contribution in [2.75, 3.05) is 6.54 Å². The maximum absolute atomic E-state index is 11.9. The van der Waals surface area contributed by atoms with Crippen molar-refractivity contribution in [1.82, 2.24) is 19.9 Å². The van der Waals surface area contributed by atoms with Crippen molar-refractivity contribution in [1.29, 1.82) is 0 Å². The summed E-state index contributed by atoms with van der Waals surface area (Å²) in [4.78, 5) is 21.3. The van der Waals surface area contributed by atoms with Gasteiger partial charge in [0.1, 0.15) is 17.9 Å². The average Bonchev–Trinajstić information content (AvgIpc) is 3.18. The Morgan fingerprint density at radius 3 is 2.47 bits per heavy atom. The third-order valence-electron chi connectivity index (χ3n) is 5.42. The monoisotopic (exact) mass is 428 g/mol. The van der Waals surface area contributed by atoms with Gasteiger partial charge in [-0.15, -0.1) is 0 Å². The van der Waals surface area contributed by atoms with E-state index >= 15 is 0 Å². The molecule has 0 saturated carbocycles. The van der Waals surface area contributed by atoms with Crippen LogP contribution in [0, 0.1) is 13.8 Å². The summed E-state index contributed by atoms with van der Waals surface area (Å²) in [7, 11) is 0. The number of imidazole rings is 1. The lowest BCUT2D eigenvalue weighted by Crippen LogP contribution is -2.26. The summed E-state index contributed by atoms with van der Waals surface area (Å²) in [5.74, 6) is 1.02. The van der Waals surface area contributed by atoms with E-state index in [2.05, 4.69) is 52.1 Å². The Kier molecular flexibility index (Phi) is 6.50. The summed E-state index contributed by atoms with van der Waals surface area (Å²) in [5.41, 5.74) is 7.17. The average molecular weight is 429 g/mol. The van der Waals surface area contributed by atoms with Crippen LogP contribution in [-0.2, 0) is 24.2 Å². The van der Waals surface area contributed by atoms with E-state index in [9.17, 15) is 4.79 Å². The smallest absolute Gasteiger partial charge is 0.407 e. The van der Waals surface area contributed by atoms with Crippen LogP contribution in [0.15, 0.2) is 60.7 Å². The molecule has 1 amide bonds. The Labute approximate surface area is 188 Å². The number of carbonyl (C=O) groups excluding carboxylic acids is 1.